The van der Waals surface area contributed by atoms with Crippen molar-refractivity contribution in [2.45, 2.75) is 25.9 Å². The van der Waals surface area contributed by atoms with E-state index < -0.39 is 0 Å². The van der Waals surface area contributed by atoms with E-state index in [0.717, 1.165) is 0 Å². The van der Waals surface area contributed by atoms with Crippen LogP contribution in [0.1, 0.15) is 37.1 Å². The topological polar surface area (TPSA) is 12.0 Å². The van der Waals surface area contributed by atoms with Gasteiger partial charge in [0.1, 0.15) is 0 Å². The molecule has 1 heteroatoms. The third-order valence-electron chi connectivity index (χ3n) is 3.10. The molecule has 2 aromatic carbocycles. The number of hydrogen-bond acceptors (Lipinski definition) is 1. The Bertz CT molecular complexity index is 392. The Kier molecular flexibility index (Phi) is 3.94. The van der Waals surface area contributed by atoms with Gasteiger partial charge in [-0.1, -0.05) is 60.7 Å². The molecule has 2 aromatic rings. The van der Waals surface area contributed by atoms with Gasteiger partial charge in [0, 0.05) is 12.1 Å². The third kappa shape index (κ3) is 3.18. The summed E-state index contributed by atoms with van der Waals surface area (Å²) >= 11 is 0. The van der Waals surface area contributed by atoms with Crippen molar-refractivity contribution in [2.75, 3.05) is 0 Å². The van der Waals surface area contributed by atoms with Gasteiger partial charge in [0.2, 0.25) is 0 Å². The summed E-state index contributed by atoms with van der Waals surface area (Å²) in [6.07, 6.45) is 0. The van der Waals surface area contributed by atoms with Gasteiger partial charge in [0.15, 0.2) is 0 Å². The summed E-state index contributed by atoms with van der Waals surface area (Å²) in [5, 5.41) is 3.61. The van der Waals surface area contributed by atoms with Crippen LogP contribution in [0.3, 0.4) is 0 Å². The Morgan fingerprint density at radius 2 is 1.00 bits per heavy atom. The van der Waals surface area contributed by atoms with E-state index in [4.69, 9.17) is 0 Å². The van der Waals surface area contributed by atoms with Crippen molar-refractivity contribution in [2.24, 2.45) is 0 Å². The van der Waals surface area contributed by atoms with Crippen molar-refractivity contribution in [1.82, 2.24) is 5.32 Å². The number of rotatable bonds is 4. The van der Waals surface area contributed by atoms with Gasteiger partial charge in [-0.15, -0.1) is 0 Å². The molecule has 0 bridgehead atoms. The third-order valence-corrected chi connectivity index (χ3v) is 3.10. The fraction of sp³-hybridized carbons (Fsp3) is 0.250. The Hall–Kier alpha value is -1.60. The maximum atomic E-state index is 3.61. The second-order valence-corrected chi connectivity index (χ2v) is 4.43. The Morgan fingerprint density at radius 1 is 0.647 bits per heavy atom. The van der Waals surface area contributed by atoms with E-state index in [9.17, 15) is 0 Å². The van der Waals surface area contributed by atoms with Crippen molar-refractivity contribution < 1.29 is 0 Å². The number of hydrogen-bond donors (Lipinski definition) is 1. The smallest absolute Gasteiger partial charge is 0.0297 e. The minimum atomic E-state index is 0.367. The summed E-state index contributed by atoms with van der Waals surface area (Å²) in [5.41, 5.74) is 2.66. The molecule has 0 saturated heterocycles. The zero-order chi connectivity index (χ0) is 12.1. The summed E-state index contributed by atoms with van der Waals surface area (Å²) < 4.78 is 0. The standard InChI is InChI=1S/C16H19N/c1-13(15-9-5-3-6-10-15)17-14(2)16-11-7-4-8-12-16/h3-14,17H,1-2H3/t13-,14-/m0/s1. The second kappa shape index (κ2) is 5.65. The van der Waals surface area contributed by atoms with Gasteiger partial charge in [-0.3, -0.25) is 0 Å². The summed E-state index contributed by atoms with van der Waals surface area (Å²) in [4.78, 5) is 0. The van der Waals surface area contributed by atoms with E-state index in [1.54, 1.807) is 0 Å². The first-order chi connectivity index (χ1) is 8.27. The Morgan fingerprint density at radius 3 is 1.35 bits per heavy atom. The van der Waals surface area contributed by atoms with Crippen LogP contribution in [0.2, 0.25) is 0 Å². The van der Waals surface area contributed by atoms with E-state index in [0.29, 0.717) is 12.1 Å². The summed E-state index contributed by atoms with van der Waals surface area (Å²) in [6, 6.07) is 21.8. The van der Waals surface area contributed by atoms with Crippen LogP contribution in [-0.2, 0) is 0 Å². The molecule has 0 radical (unpaired) electrons. The van der Waals surface area contributed by atoms with Crippen LogP contribution in [0.15, 0.2) is 60.7 Å². The molecule has 0 spiro atoms. The van der Waals surface area contributed by atoms with E-state index in [1.807, 2.05) is 0 Å². The average Bonchev–Trinajstić information content (AvgIpc) is 2.40. The van der Waals surface area contributed by atoms with Crippen molar-refractivity contribution in [1.29, 1.82) is 0 Å². The maximum Gasteiger partial charge on any atom is 0.0297 e. The van der Waals surface area contributed by atoms with Crippen LogP contribution >= 0.6 is 0 Å². The molecular formula is C16H19N. The SMILES string of the molecule is C[C@H](N[C@@H](C)c1ccccc1)c1ccccc1. The predicted molar refractivity (Wildman–Crippen MR) is 72.8 cm³/mol. The fourth-order valence-electron chi connectivity index (χ4n) is 2.05. The highest BCUT2D eigenvalue weighted by molar-refractivity contribution is 5.21. The van der Waals surface area contributed by atoms with E-state index >= 15 is 0 Å². The molecule has 0 aliphatic rings. The monoisotopic (exact) mass is 225 g/mol. The van der Waals surface area contributed by atoms with Crippen molar-refractivity contribution in [3.63, 3.8) is 0 Å². The minimum absolute atomic E-state index is 0.367. The lowest BCUT2D eigenvalue weighted by atomic mass is 10.0. The molecule has 17 heavy (non-hydrogen) atoms. The molecule has 0 saturated carbocycles. The van der Waals surface area contributed by atoms with Gasteiger partial charge in [-0.25, -0.2) is 0 Å². The molecule has 0 amide bonds. The summed E-state index contributed by atoms with van der Waals surface area (Å²) in [6.45, 7) is 4.41. The van der Waals surface area contributed by atoms with Gasteiger partial charge in [0.25, 0.3) is 0 Å². The quantitative estimate of drug-likeness (QED) is 0.826. The molecule has 1 nitrogen and oxygen atoms in total. The van der Waals surface area contributed by atoms with E-state index in [1.165, 1.54) is 11.1 Å². The Labute approximate surface area is 103 Å². The maximum absolute atomic E-state index is 3.61. The second-order valence-electron chi connectivity index (χ2n) is 4.43. The van der Waals surface area contributed by atoms with Gasteiger partial charge in [0.05, 0.1) is 0 Å². The molecule has 0 aromatic heterocycles. The highest BCUT2D eigenvalue weighted by Gasteiger charge is 2.09. The lowest BCUT2D eigenvalue weighted by Gasteiger charge is -2.20. The van der Waals surface area contributed by atoms with Crippen molar-refractivity contribution >= 4 is 0 Å². The summed E-state index contributed by atoms with van der Waals surface area (Å²) in [7, 11) is 0. The zero-order valence-corrected chi connectivity index (χ0v) is 10.4. The van der Waals surface area contributed by atoms with E-state index in [2.05, 4.69) is 79.8 Å². The molecule has 0 fully saturated rings. The molecule has 0 unspecified atom stereocenters. The lowest BCUT2D eigenvalue weighted by Crippen LogP contribution is -2.22. The first-order valence-corrected chi connectivity index (χ1v) is 6.13. The van der Waals surface area contributed by atoms with Crippen LogP contribution in [-0.4, -0.2) is 0 Å². The minimum Gasteiger partial charge on any atom is -0.304 e. The van der Waals surface area contributed by atoms with E-state index in [-0.39, 0.29) is 0 Å². The molecule has 2 rings (SSSR count). The first-order valence-electron chi connectivity index (χ1n) is 6.13. The van der Waals surface area contributed by atoms with Gasteiger partial charge in [-0.2, -0.15) is 0 Å². The van der Waals surface area contributed by atoms with Gasteiger partial charge < -0.3 is 5.32 Å². The number of nitrogens with one attached hydrogen (secondary N) is 1. The predicted octanol–water partition coefficient (Wildman–Crippen LogP) is 4.10. The van der Waals surface area contributed by atoms with Gasteiger partial charge in [-0.05, 0) is 25.0 Å². The van der Waals surface area contributed by atoms with Crippen molar-refractivity contribution in [3.8, 4) is 0 Å². The largest absolute Gasteiger partial charge is 0.304 e. The van der Waals surface area contributed by atoms with Crippen LogP contribution in [0.5, 0.6) is 0 Å². The highest BCUT2D eigenvalue weighted by Crippen LogP contribution is 2.18. The van der Waals surface area contributed by atoms with Gasteiger partial charge >= 0.3 is 0 Å². The lowest BCUT2D eigenvalue weighted by molar-refractivity contribution is 0.495. The van der Waals surface area contributed by atoms with Crippen LogP contribution in [0, 0.1) is 0 Å². The summed E-state index contributed by atoms with van der Waals surface area (Å²) in [5.74, 6) is 0. The first kappa shape index (κ1) is 11.9. The molecule has 1 N–H and O–H groups in total. The molecule has 2 atom stereocenters. The molecule has 0 heterocycles. The molecular weight excluding hydrogens is 206 g/mol. The average molecular weight is 225 g/mol. The highest BCUT2D eigenvalue weighted by atomic mass is 14.9. The molecule has 0 aliphatic carbocycles. The fourth-order valence-corrected chi connectivity index (χ4v) is 2.05. The van der Waals surface area contributed by atoms with Crippen LogP contribution in [0.4, 0.5) is 0 Å². The molecule has 0 aliphatic heterocycles. The number of benzene rings is 2. The van der Waals surface area contributed by atoms with Crippen molar-refractivity contribution in [3.05, 3.63) is 71.8 Å². The molecule has 88 valence electrons. The van der Waals surface area contributed by atoms with Crippen LogP contribution < -0.4 is 5.32 Å². The zero-order valence-electron chi connectivity index (χ0n) is 10.4. The normalized spacial score (nSPS) is 14.2. The Balaban J connectivity index is 2.02. The van der Waals surface area contributed by atoms with Crippen LogP contribution in [0.25, 0.3) is 0 Å².